The molecule has 0 saturated carbocycles. The summed E-state index contributed by atoms with van der Waals surface area (Å²) in [4.78, 5) is 18.0. The van der Waals surface area contributed by atoms with E-state index in [1.54, 1.807) is 23.0 Å². The van der Waals surface area contributed by atoms with Gasteiger partial charge in [-0.15, -0.1) is 0 Å². The van der Waals surface area contributed by atoms with Crippen molar-refractivity contribution in [1.29, 1.82) is 0 Å². The second kappa shape index (κ2) is 7.15. The predicted octanol–water partition coefficient (Wildman–Crippen LogP) is 4.43. The molecule has 6 heteroatoms. The molecule has 28 heavy (non-hydrogen) atoms. The highest BCUT2D eigenvalue weighted by molar-refractivity contribution is 5.96. The fourth-order valence-electron chi connectivity index (χ4n) is 3.08. The highest BCUT2D eigenvalue weighted by Gasteiger charge is 2.15. The van der Waals surface area contributed by atoms with E-state index >= 15 is 0 Å². The first-order chi connectivity index (χ1) is 13.6. The van der Waals surface area contributed by atoms with E-state index in [4.69, 9.17) is 4.42 Å². The van der Waals surface area contributed by atoms with Crippen LogP contribution in [-0.4, -0.2) is 15.3 Å². The molecule has 4 rings (SSSR count). The average Bonchev–Trinajstić information content (AvgIpc) is 3.24. The Morgan fingerprint density at radius 3 is 2.68 bits per heavy atom. The smallest absolute Gasteiger partial charge is 0.267 e. The first-order valence-corrected chi connectivity index (χ1v) is 8.99. The fraction of sp³-hybridized carbons (Fsp3) is 0.136. The molecule has 2 aromatic heterocycles. The molecular weight excluding hydrogens is 352 g/mol. The number of hydrogen-bond acceptors (Lipinski definition) is 5. The fourth-order valence-corrected chi connectivity index (χ4v) is 3.08. The molecule has 2 heterocycles. The summed E-state index contributed by atoms with van der Waals surface area (Å²) in [5, 5.41) is 4.93. The molecule has 0 spiro atoms. The second-order valence-electron chi connectivity index (χ2n) is 6.60. The molecule has 4 aromatic rings. The lowest BCUT2D eigenvalue weighted by Gasteiger charge is -2.16. The van der Waals surface area contributed by atoms with Crippen LogP contribution >= 0.6 is 0 Å². The van der Waals surface area contributed by atoms with Crippen LogP contribution in [0.5, 0.6) is 0 Å². The van der Waals surface area contributed by atoms with Gasteiger partial charge < -0.3 is 4.42 Å². The minimum absolute atomic E-state index is 0.146. The van der Waals surface area contributed by atoms with E-state index in [0.717, 1.165) is 16.8 Å². The Morgan fingerprint density at radius 2 is 1.89 bits per heavy atom. The number of hydrogen-bond donors (Lipinski definition) is 1. The largest absolute Gasteiger partial charge is 0.463 e. The van der Waals surface area contributed by atoms with Gasteiger partial charge in [0.15, 0.2) is 0 Å². The van der Waals surface area contributed by atoms with Gasteiger partial charge in [0.1, 0.15) is 11.5 Å². The number of nitrogens with zero attached hydrogens (tertiary/aromatic N) is 3. The van der Waals surface area contributed by atoms with Crippen molar-refractivity contribution in [3.63, 3.8) is 0 Å². The van der Waals surface area contributed by atoms with E-state index in [9.17, 15) is 4.79 Å². The van der Waals surface area contributed by atoms with Gasteiger partial charge in [-0.25, -0.2) is 15.0 Å². The molecule has 0 aliphatic carbocycles. The minimum Gasteiger partial charge on any atom is -0.463 e. The molecule has 2 aromatic carbocycles. The standard InChI is InChI=1S/C22H20N4O2/c1-14-8-6-11-19(15(14)2)26-21(27)17-9-4-5-10-18(17)23-22(26)25-24-16(3)20-12-7-13-28-20/h4-13H,1-3H3,(H,23,25)/b24-16-. The number of anilines is 1. The molecule has 0 fully saturated rings. The molecule has 6 nitrogen and oxygen atoms in total. The summed E-state index contributed by atoms with van der Waals surface area (Å²) in [7, 11) is 0. The monoisotopic (exact) mass is 372 g/mol. The summed E-state index contributed by atoms with van der Waals surface area (Å²) in [6, 6.07) is 16.8. The zero-order valence-corrected chi connectivity index (χ0v) is 15.9. The molecule has 140 valence electrons. The molecule has 0 saturated heterocycles. The summed E-state index contributed by atoms with van der Waals surface area (Å²) in [6.45, 7) is 5.84. The number of hydrazone groups is 1. The van der Waals surface area contributed by atoms with Crippen molar-refractivity contribution in [1.82, 2.24) is 9.55 Å². The molecule has 0 aliphatic rings. The van der Waals surface area contributed by atoms with Crippen molar-refractivity contribution in [2.45, 2.75) is 20.8 Å². The topological polar surface area (TPSA) is 72.4 Å². The van der Waals surface area contributed by atoms with Gasteiger partial charge >= 0.3 is 0 Å². The quantitative estimate of drug-likeness (QED) is 0.425. The summed E-state index contributed by atoms with van der Waals surface area (Å²) in [5.41, 5.74) is 6.96. The number of nitrogens with one attached hydrogen (secondary N) is 1. The van der Waals surface area contributed by atoms with E-state index in [1.165, 1.54) is 0 Å². The third kappa shape index (κ3) is 3.09. The zero-order chi connectivity index (χ0) is 19.7. The van der Waals surface area contributed by atoms with E-state index in [0.29, 0.717) is 28.3 Å². The first kappa shape index (κ1) is 17.7. The predicted molar refractivity (Wildman–Crippen MR) is 111 cm³/mol. The van der Waals surface area contributed by atoms with Crippen molar-refractivity contribution >= 4 is 22.6 Å². The molecule has 0 bridgehead atoms. The lowest BCUT2D eigenvalue weighted by atomic mass is 10.1. The number of aryl methyl sites for hydroxylation is 1. The summed E-state index contributed by atoms with van der Waals surface area (Å²) in [5.74, 6) is 0.997. The van der Waals surface area contributed by atoms with Crippen LogP contribution in [0.15, 0.2) is 75.2 Å². The Balaban J connectivity index is 1.93. The first-order valence-electron chi connectivity index (χ1n) is 8.99. The summed E-state index contributed by atoms with van der Waals surface area (Å²) in [6.07, 6.45) is 1.59. The molecule has 0 radical (unpaired) electrons. The van der Waals surface area contributed by atoms with Crippen molar-refractivity contribution in [3.05, 3.63) is 88.1 Å². The summed E-state index contributed by atoms with van der Waals surface area (Å²) >= 11 is 0. The molecule has 0 aliphatic heterocycles. The van der Waals surface area contributed by atoms with Crippen molar-refractivity contribution in [2.75, 3.05) is 5.43 Å². The highest BCUT2D eigenvalue weighted by atomic mass is 16.3. The maximum absolute atomic E-state index is 13.3. The van der Waals surface area contributed by atoms with Crippen molar-refractivity contribution in [3.8, 4) is 5.69 Å². The highest BCUT2D eigenvalue weighted by Crippen LogP contribution is 2.21. The summed E-state index contributed by atoms with van der Waals surface area (Å²) < 4.78 is 6.94. The Bertz CT molecular complexity index is 1240. The number of fused-ring (bicyclic) bond motifs is 1. The van der Waals surface area contributed by atoms with Gasteiger partial charge in [-0.2, -0.15) is 5.10 Å². The van der Waals surface area contributed by atoms with Crippen LogP contribution in [0.4, 0.5) is 5.95 Å². The Labute approximate surface area is 162 Å². The third-order valence-electron chi connectivity index (χ3n) is 4.79. The van der Waals surface area contributed by atoms with Crippen molar-refractivity contribution < 1.29 is 4.42 Å². The normalized spacial score (nSPS) is 11.8. The third-order valence-corrected chi connectivity index (χ3v) is 4.79. The van der Waals surface area contributed by atoms with E-state index < -0.39 is 0 Å². The van der Waals surface area contributed by atoms with E-state index in [2.05, 4.69) is 15.5 Å². The number of aromatic nitrogens is 2. The Hall–Kier alpha value is -3.67. The molecular formula is C22H20N4O2. The lowest BCUT2D eigenvalue weighted by Crippen LogP contribution is -2.23. The van der Waals surface area contributed by atoms with Crippen LogP contribution in [0.3, 0.4) is 0 Å². The van der Waals surface area contributed by atoms with Gasteiger partial charge in [-0.05, 0) is 62.2 Å². The maximum atomic E-state index is 13.3. The number of rotatable bonds is 4. The van der Waals surface area contributed by atoms with E-state index in [-0.39, 0.29) is 5.56 Å². The van der Waals surface area contributed by atoms with Crippen LogP contribution < -0.4 is 11.0 Å². The van der Waals surface area contributed by atoms with Gasteiger partial charge in [0.2, 0.25) is 5.95 Å². The molecule has 1 N–H and O–H groups in total. The van der Waals surface area contributed by atoms with Crippen LogP contribution in [0.1, 0.15) is 23.8 Å². The maximum Gasteiger partial charge on any atom is 0.267 e. The number of benzene rings is 2. The number of furan rings is 1. The molecule has 0 atom stereocenters. The van der Waals surface area contributed by atoms with Gasteiger partial charge in [-0.1, -0.05) is 24.3 Å². The SMILES string of the molecule is C/C(=N/Nc1nc2ccccc2c(=O)n1-c1cccc(C)c1C)c1ccco1. The molecule has 0 unspecified atom stereocenters. The van der Waals surface area contributed by atoms with Crippen molar-refractivity contribution in [2.24, 2.45) is 5.10 Å². The van der Waals surface area contributed by atoms with Crippen LogP contribution in [-0.2, 0) is 0 Å². The number of para-hydroxylation sites is 1. The van der Waals surface area contributed by atoms with E-state index in [1.807, 2.05) is 63.2 Å². The van der Waals surface area contributed by atoms with Gasteiger partial charge in [-0.3, -0.25) is 4.79 Å². The molecule has 0 amide bonds. The minimum atomic E-state index is -0.146. The van der Waals surface area contributed by atoms with Crippen LogP contribution in [0, 0.1) is 13.8 Å². The lowest BCUT2D eigenvalue weighted by molar-refractivity contribution is 0.557. The second-order valence-corrected chi connectivity index (χ2v) is 6.60. The zero-order valence-electron chi connectivity index (χ0n) is 15.9. The van der Waals surface area contributed by atoms with Crippen LogP contribution in [0.25, 0.3) is 16.6 Å². The van der Waals surface area contributed by atoms with Gasteiger partial charge in [0.25, 0.3) is 5.56 Å². The Morgan fingerprint density at radius 1 is 1.07 bits per heavy atom. The average molecular weight is 372 g/mol. The van der Waals surface area contributed by atoms with Crippen LogP contribution in [0.2, 0.25) is 0 Å². The Kier molecular flexibility index (Phi) is 4.53. The van der Waals surface area contributed by atoms with Gasteiger partial charge in [0, 0.05) is 0 Å². The van der Waals surface area contributed by atoms with Gasteiger partial charge in [0.05, 0.1) is 22.9 Å².